The molecule has 0 aromatic rings. The normalized spacial score (nSPS) is 28.2. The Morgan fingerprint density at radius 3 is 2.74 bits per heavy atom. The van der Waals surface area contributed by atoms with E-state index in [4.69, 9.17) is 4.74 Å². The van der Waals surface area contributed by atoms with Gasteiger partial charge < -0.3 is 9.64 Å². The molecule has 0 aromatic heterocycles. The first-order valence-corrected chi connectivity index (χ1v) is 6.21. The van der Waals surface area contributed by atoms with Gasteiger partial charge in [-0.1, -0.05) is 0 Å². The second kappa shape index (κ2) is 4.76. The van der Waals surface area contributed by atoms with E-state index in [0.717, 1.165) is 6.42 Å². The minimum absolute atomic E-state index is 0.0260. The van der Waals surface area contributed by atoms with Crippen LogP contribution in [-0.4, -0.2) is 58.0 Å². The second-order valence-electron chi connectivity index (χ2n) is 5.44. The molecule has 0 aromatic carbocycles. The highest BCUT2D eigenvalue weighted by Gasteiger charge is 2.48. The van der Waals surface area contributed by atoms with Crippen LogP contribution < -0.4 is 0 Å². The predicted octanol–water partition coefficient (Wildman–Crippen LogP) is 0.266. The Morgan fingerprint density at radius 1 is 1.58 bits per heavy atom. The Balaban J connectivity index is 2.39. The summed E-state index contributed by atoms with van der Waals surface area (Å²) in [7, 11) is 0. The number of hydrogen-bond donors (Lipinski definition) is 0. The monoisotopic (exact) mass is 270 g/mol. The van der Waals surface area contributed by atoms with Gasteiger partial charge >= 0.3 is 0 Å². The van der Waals surface area contributed by atoms with Gasteiger partial charge in [-0.3, -0.25) is 9.69 Å². The third-order valence-corrected chi connectivity index (χ3v) is 3.48. The SMILES string of the molecule is CC(=O)N1CC(C)(C)N(C2CCOC2)C1=N[N+](=O)[O-]. The molecule has 0 spiro atoms. The number of rotatable bonds is 2. The first kappa shape index (κ1) is 13.7. The molecule has 2 aliphatic heterocycles. The molecule has 1 atom stereocenters. The lowest BCUT2D eigenvalue weighted by Gasteiger charge is -2.34. The fourth-order valence-electron chi connectivity index (χ4n) is 2.75. The molecule has 1 amide bonds. The summed E-state index contributed by atoms with van der Waals surface area (Å²) in [6.45, 7) is 6.81. The summed E-state index contributed by atoms with van der Waals surface area (Å²) < 4.78 is 5.34. The highest BCUT2D eigenvalue weighted by Crippen LogP contribution is 2.31. The number of carbonyl (C=O) groups excluding carboxylic acids is 1. The van der Waals surface area contributed by atoms with Crippen molar-refractivity contribution in [1.82, 2.24) is 9.80 Å². The van der Waals surface area contributed by atoms with Crippen LogP contribution in [0.1, 0.15) is 27.2 Å². The van der Waals surface area contributed by atoms with Crippen LogP contribution in [0.25, 0.3) is 0 Å². The van der Waals surface area contributed by atoms with Crippen LogP contribution in [0.2, 0.25) is 0 Å². The van der Waals surface area contributed by atoms with Crippen molar-refractivity contribution in [2.24, 2.45) is 5.10 Å². The molecule has 0 bridgehead atoms. The summed E-state index contributed by atoms with van der Waals surface area (Å²) in [6, 6.07) is 0.0260. The van der Waals surface area contributed by atoms with E-state index in [0.29, 0.717) is 19.8 Å². The Kier molecular flexibility index (Phi) is 3.44. The standard InChI is InChI=1S/C11H18N4O4/c1-8(16)13-7-11(2,3)14(9-4-5-19-6-9)10(13)12-15(17)18/h9H,4-7H2,1-3H3. The number of hydrogen-bond acceptors (Lipinski definition) is 4. The fraction of sp³-hybridized carbons (Fsp3) is 0.818. The molecular weight excluding hydrogens is 252 g/mol. The van der Waals surface area contributed by atoms with Gasteiger partial charge in [0.05, 0.1) is 24.7 Å². The van der Waals surface area contributed by atoms with Crippen molar-refractivity contribution in [2.45, 2.75) is 38.8 Å². The Labute approximate surface area is 111 Å². The predicted molar refractivity (Wildman–Crippen MR) is 67.0 cm³/mol. The lowest BCUT2D eigenvalue weighted by Crippen LogP contribution is -2.50. The minimum Gasteiger partial charge on any atom is -0.379 e. The van der Waals surface area contributed by atoms with Crippen LogP contribution in [0, 0.1) is 10.1 Å². The summed E-state index contributed by atoms with van der Waals surface area (Å²) in [4.78, 5) is 25.6. The Morgan fingerprint density at radius 2 is 2.26 bits per heavy atom. The van der Waals surface area contributed by atoms with E-state index in [1.807, 2.05) is 18.7 Å². The van der Waals surface area contributed by atoms with Crippen LogP contribution in [-0.2, 0) is 9.53 Å². The zero-order valence-corrected chi connectivity index (χ0v) is 11.3. The summed E-state index contributed by atoms with van der Waals surface area (Å²) >= 11 is 0. The van der Waals surface area contributed by atoms with E-state index in [2.05, 4.69) is 5.10 Å². The number of carbonyl (C=O) groups is 1. The van der Waals surface area contributed by atoms with E-state index < -0.39 is 10.6 Å². The van der Waals surface area contributed by atoms with Crippen molar-refractivity contribution in [3.63, 3.8) is 0 Å². The molecule has 2 aliphatic rings. The number of nitrogens with zero attached hydrogens (tertiary/aromatic N) is 4. The van der Waals surface area contributed by atoms with Crippen LogP contribution in [0.4, 0.5) is 0 Å². The molecule has 106 valence electrons. The molecule has 1 unspecified atom stereocenters. The lowest BCUT2D eigenvalue weighted by atomic mass is 10.0. The Bertz CT molecular complexity index is 428. The van der Waals surface area contributed by atoms with Gasteiger partial charge in [-0.25, -0.2) is 10.1 Å². The van der Waals surface area contributed by atoms with Gasteiger partial charge in [-0.2, -0.15) is 0 Å². The third kappa shape index (κ3) is 2.53. The summed E-state index contributed by atoms with van der Waals surface area (Å²) in [6.07, 6.45) is 0.784. The molecule has 0 N–H and O–H groups in total. The lowest BCUT2D eigenvalue weighted by molar-refractivity contribution is -0.486. The van der Waals surface area contributed by atoms with Gasteiger partial charge in [0.25, 0.3) is 5.96 Å². The van der Waals surface area contributed by atoms with Gasteiger partial charge in [0.15, 0.2) is 5.03 Å². The summed E-state index contributed by atoms with van der Waals surface area (Å²) in [5, 5.41) is 13.4. The minimum atomic E-state index is -0.754. The first-order chi connectivity index (χ1) is 8.83. The van der Waals surface area contributed by atoms with Gasteiger partial charge in [0, 0.05) is 13.5 Å². The zero-order valence-electron chi connectivity index (χ0n) is 11.3. The van der Waals surface area contributed by atoms with Crippen molar-refractivity contribution < 1.29 is 14.6 Å². The molecule has 8 heteroatoms. The number of hydrazone groups is 1. The molecule has 19 heavy (non-hydrogen) atoms. The molecule has 2 saturated heterocycles. The average Bonchev–Trinajstić information content (AvgIpc) is 2.83. The second-order valence-corrected chi connectivity index (χ2v) is 5.44. The molecule has 2 heterocycles. The number of guanidine groups is 1. The quantitative estimate of drug-likeness (QED) is 0.530. The Hall–Kier alpha value is -1.70. The van der Waals surface area contributed by atoms with Crippen LogP contribution in [0.15, 0.2) is 5.10 Å². The van der Waals surface area contributed by atoms with Crippen molar-refractivity contribution in [1.29, 1.82) is 0 Å². The molecule has 2 rings (SSSR count). The maximum absolute atomic E-state index is 11.7. The number of nitro groups is 1. The highest BCUT2D eigenvalue weighted by atomic mass is 16.7. The summed E-state index contributed by atoms with van der Waals surface area (Å²) in [5.74, 6) is -0.118. The average molecular weight is 270 g/mol. The van der Waals surface area contributed by atoms with Gasteiger partial charge in [0.1, 0.15) is 5.10 Å². The van der Waals surface area contributed by atoms with E-state index in [-0.39, 0.29) is 17.9 Å². The third-order valence-electron chi connectivity index (χ3n) is 3.48. The molecule has 0 aliphatic carbocycles. The molecule has 0 saturated carbocycles. The topological polar surface area (TPSA) is 88.3 Å². The smallest absolute Gasteiger partial charge is 0.281 e. The van der Waals surface area contributed by atoms with Gasteiger partial charge in [-0.05, 0) is 20.3 Å². The molecular formula is C11H18N4O4. The maximum atomic E-state index is 11.7. The van der Waals surface area contributed by atoms with Gasteiger partial charge in [-0.15, -0.1) is 0 Å². The van der Waals surface area contributed by atoms with Gasteiger partial charge in [0.2, 0.25) is 5.91 Å². The zero-order chi connectivity index (χ0) is 14.2. The van der Waals surface area contributed by atoms with E-state index in [1.165, 1.54) is 11.8 Å². The van der Waals surface area contributed by atoms with Crippen molar-refractivity contribution in [2.75, 3.05) is 19.8 Å². The highest BCUT2D eigenvalue weighted by molar-refractivity contribution is 5.98. The van der Waals surface area contributed by atoms with Crippen LogP contribution in [0.5, 0.6) is 0 Å². The largest absolute Gasteiger partial charge is 0.379 e. The molecule has 2 fully saturated rings. The van der Waals surface area contributed by atoms with Crippen molar-refractivity contribution >= 4 is 11.9 Å². The van der Waals surface area contributed by atoms with Crippen LogP contribution >= 0.6 is 0 Å². The molecule has 8 nitrogen and oxygen atoms in total. The number of ether oxygens (including phenoxy) is 1. The van der Waals surface area contributed by atoms with E-state index in [9.17, 15) is 14.9 Å². The number of amides is 1. The first-order valence-electron chi connectivity index (χ1n) is 6.21. The van der Waals surface area contributed by atoms with Crippen LogP contribution in [0.3, 0.4) is 0 Å². The van der Waals surface area contributed by atoms with E-state index >= 15 is 0 Å². The van der Waals surface area contributed by atoms with Crippen molar-refractivity contribution in [3.05, 3.63) is 10.1 Å². The maximum Gasteiger partial charge on any atom is 0.281 e. The molecule has 0 radical (unpaired) electrons. The van der Waals surface area contributed by atoms with Crippen molar-refractivity contribution in [3.8, 4) is 0 Å². The summed E-state index contributed by atoms with van der Waals surface area (Å²) in [5.41, 5.74) is -0.390. The fourth-order valence-corrected chi connectivity index (χ4v) is 2.75. The van der Waals surface area contributed by atoms with E-state index in [1.54, 1.807) is 0 Å².